The Bertz CT molecular complexity index is 823. The summed E-state index contributed by atoms with van der Waals surface area (Å²) in [5.41, 5.74) is 2.12. The predicted octanol–water partition coefficient (Wildman–Crippen LogP) is 1.63. The molecule has 2 aromatic carbocycles. The van der Waals surface area contributed by atoms with Gasteiger partial charge in [0.25, 0.3) is 0 Å². The Balaban J connectivity index is 1.73. The normalized spacial score (nSPS) is 26.6. The summed E-state index contributed by atoms with van der Waals surface area (Å²) >= 11 is 0. The van der Waals surface area contributed by atoms with E-state index in [4.69, 9.17) is 0 Å². The van der Waals surface area contributed by atoms with Crippen molar-refractivity contribution < 1.29 is 13.5 Å². The SMILES string of the molecule is O=S(=O)(c1ccccc1)N1[C@@H]2CNc3ccccc3[C@@H]2[C@@H]1CO. The van der Waals surface area contributed by atoms with Crippen LogP contribution in [0.5, 0.6) is 0 Å². The molecule has 1 fully saturated rings. The summed E-state index contributed by atoms with van der Waals surface area (Å²) in [4.78, 5) is 0.274. The van der Waals surface area contributed by atoms with Gasteiger partial charge in [-0.15, -0.1) is 0 Å². The van der Waals surface area contributed by atoms with Gasteiger partial charge in [0.15, 0.2) is 0 Å². The fraction of sp³-hybridized carbons (Fsp3) is 0.294. The number of anilines is 1. The molecule has 0 aliphatic carbocycles. The van der Waals surface area contributed by atoms with Crippen LogP contribution < -0.4 is 5.32 Å². The molecule has 2 aliphatic rings. The summed E-state index contributed by atoms with van der Waals surface area (Å²) < 4.78 is 27.3. The fourth-order valence-corrected chi connectivity index (χ4v) is 5.64. The zero-order valence-electron chi connectivity index (χ0n) is 12.5. The molecule has 0 radical (unpaired) electrons. The third-order valence-electron chi connectivity index (χ3n) is 4.81. The minimum Gasteiger partial charge on any atom is -0.395 e. The molecule has 0 amide bonds. The fourth-order valence-electron chi connectivity index (χ4n) is 3.78. The van der Waals surface area contributed by atoms with Crippen molar-refractivity contribution in [2.45, 2.75) is 22.9 Å². The Hall–Kier alpha value is -1.89. The van der Waals surface area contributed by atoms with Crippen LogP contribution in [0.3, 0.4) is 0 Å². The summed E-state index contributed by atoms with van der Waals surface area (Å²) in [7, 11) is -3.60. The summed E-state index contributed by atoms with van der Waals surface area (Å²) in [6, 6.07) is 15.8. The van der Waals surface area contributed by atoms with Gasteiger partial charge in [0.2, 0.25) is 10.0 Å². The number of para-hydroxylation sites is 1. The maximum atomic E-state index is 12.9. The first-order valence-corrected chi connectivity index (χ1v) is 9.11. The Labute approximate surface area is 135 Å². The van der Waals surface area contributed by atoms with Crippen molar-refractivity contribution in [2.24, 2.45) is 0 Å². The van der Waals surface area contributed by atoms with E-state index in [0.717, 1.165) is 11.3 Å². The highest BCUT2D eigenvalue weighted by Gasteiger charge is 2.56. The van der Waals surface area contributed by atoms with E-state index in [1.54, 1.807) is 30.3 Å². The zero-order valence-corrected chi connectivity index (χ0v) is 13.3. The summed E-state index contributed by atoms with van der Waals surface area (Å²) in [6.07, 6.45) is 0. The molecule has 23 heavy (non-hydrogen) atoms. The number of fused-ring (bicyclic) bond motifs is 3. The third-order valence-corrected chi connectivity index (χ3v) is 6.77. The van der Waals surface area contributed by atoms with Crippen LogP contribution in [0.25, 0.3) is 0 Å². The van der Waals surface area contributed by atoms with Gasteiger partial charge in [-0.05, 0) is 23.8 Å². The number of aliphatic hydroxyl groups is 1. The molecule has 3 atom stereocenters. The van der Waals surface area contributed by atoms with Crippen LogP contribution >= 0.6 is 0 Å². The lowest BCUT2D eigenvalue weighted by molar-refractivity contribution is 0.0323. The minimum absolute atomic E-state index is 0.0379. The van der Waals surface area contributed by atoms with Crippen molar-refractivity contribution in [3.05, 3.63) is 60.2 Å². The topological polar surface area (TPSA) is 69.6 Å². The number of hydrogen-bond donors (Lipinski definition) is 2. The van der Waals surface area contributed by atoms with E-state index < -0.39 is 16.1 Å². The molecular weight excluding hydrogens is 312 g/mol. The first kappa shape index (κ1) is 14.7. The van der Waals surface area contributed by atoms with Crippen LogP contribution in [0.1, 0.15) is 11.5 Å². The van der Waals surface area contributed by atoms with Crippen LogP contribution in [0.2, 0.25) is 0 Å². The van der Waals surface area contributed by atoms with Crippen LogP contribution in [-0.4, -0.2) is 43.1 Å². The van der Waals surface area contributed by atoms with Crippen molar-refractivity contribution in [1.82, 2.24) is 4.31 Å². The Morgan fingerprint density at radius 2 is 1.78 bits per heavy atom. The summed E-state index contributed by atoms with van der Waals surface area (Å²) in [5.74, 6) is 0.0379. The number of hydrogen-bond acceptors (Lipinski definition) is 4. The Morgan fingerprint density at radius 1 is 1.09 bits per heavy atom. The van der Waals surface area contributed by atoms with E-state index in [2.05, 4.69) is 5.32 Å². The van der Waals surface area contributed by atoms with E-state index in [0.29, 0.717) is 6.54 Å². The smallest absolute Gasteiger partial charge is 0.243 e. The number of rotatable bonds is 3. The van der Waals surface area contributed by atoms with Gasteiger partial charge in [-0.3, -0.25) is 0 Å². The number of nitrogens with one attached hydrogen (secondary N) is 1. The van der Waals surface area contributed by atoms with Crippen molar-refractivity contribution >= 4 is 15.7 Å². The zero-order chi connectivity index (χ0) is 16.0. The predicted molar refractivity (Wildman–Crippen MR) is 87.8 cm³/mol. The third kappa shape index (κ3) is 2.09. The lowest BCUT2D eigenvalue weighted by Crippen LogP contribution is -2.68. The Kier molecular flexibility index (Phi) is 3.41. The highest BCUT2D eigenvalue weighted by Crippen LogP contribution is 2.48. The van der Waals surface area contributed by atoms with Crippen LogP contribution in [0.15, 0.2) is 59.5 Å². The van der Waals surface area contributed by atoms with E-state index in [9.17, 15) is 13.5 Å². The maximum Gasteiger partial charge on any atom is 0.243 e. The van der Waals surface area contributed by atoms with Crippen molar-refractivity contribution in [3.8, 4) is 0 Å². The molecule has 2 aromatic rings. The van der Waals surface area contributed by atoms with Crippen LogP contribution in [-0.2, 0) is 10.0 Å². The second-order valence-electron chi connectivity index (χ2n) is 5.96. The molecule has 0 unspecified atom stereocenters. The second-order valence-corrected chi connectivity index (χ2v) is 7.80. The molecule has 1 saturated heterocycles. The lowest BCUT2D eigenvalue weighted by Gasteiger charge is -2.56. The van der Waals surface area contributed by atoms with Crippen molar-refractivity contribution in [2.75, 3.05) is 18.5 Å². The summed E-state index contributed by atoms with van der Waals surface area (Å²) in [5, 5.41) is 13.1. The van der Waals surface area contributed by atoms with Crippen molar-refractivity contribution in [1.29, 1.82) is 0 Å². The van der Waals surface area contributed by atoms with E-state index in [-0.39, 0.29) is 23.5 Å². The van der Waals surface area contributed by atoms with Gasteiger partial charge >= 0.3 is 0 Å². The second kappa shape index (κ2) is 5.33. The highest BCUT2D eigenvalue weighted by molar-refractivity contribution is 7.89. The lowest BCUT2D eigenvalue weighted by atomic mass is 9.75. The quantitative estimate of drug-likeness (QED) is 0.897. The van der Waals surface area contributed by atoms with Crippen LogP contribution in [0, 0.1) is 0 Å². The molecule has 6 heteroatoms. The van der Waals surface area contributed by atoms with E-state index in [1.165, 1.54) is 4.31 Å². The van der Waals surface area contributed by atoms with E-state index >= 15 is 0 Å². The molecule has 120 valence electrons. The van der Waals surface area contributed by atoms with Crippen molar-refractivity contribution in [3.63, 3.8) is 0 Å². The minimum atomic E-state index is -3.60. The molecule has 2 N–H and O–H groups in total. The highest BCUT2D eigenvalue weighted by atomic mass is 32.2. The molecule has 5 nitrogen and oxygen atoms in total. The molecule has 2 heterocycles. The molecule has 4 rings (SSSR count). The molecule has 0 aromatic heterocycles. The molecular formula is C17H18N2O3S. The van der Waals surface area contributed by atoms with Crippen LogP contribution in [0.4, 0.5) is 5.69 Å². The average molecular weight is 330 g/mol. The monoisotopic (exact) mass is 330 g/mol. The molecule has 0 spiro atoms. The number of aliphatic hydroxyl groups excluding tert-OH is 1. The largest absolute Gasteiger partial charge is 0.395 e. The number of sulfonamides is 1. The van der Waals surface area contributed by atoms with Gasteiger partial charge in [-0.1, -0.05) is 36.4 Å². The average Bonchev–Trinajstić information content (AvgIpc) is 2.56. The van der Waals surface area contributed by atoms with Gasteiger partial charge in [0, 0.05) is 18.2 Å². The van der Waals surface area contributed by atoms with Gasteiger partial charge in [0.1, 0.15) is 0 Å². The Morgan fingerprint density at radius 3 is 2.52 bits per heavy atom. The molecule has 0 saturated carbocycles. The van der Waals surface area contributed by atoms with Gasteiger partial charge in [-0.25, -0.2) is 8.42 Å². The summed E-state index contributed by atoms with van der Waals surface area (Å²) in [6.45, 7) is 0.381. The van der Waals surface area contributed by atoms with Gasteiger partial charge in [0.05, 0.1) is 23.6 Å². The standard InChI is InChI=1S/C17H18N2O3S/c20-11-16-17-13-8-4-5-9-14(13)18-10-15(17)19(16)23(21,22)12-6-2-1-3-7-12/h1-9,15-18,20H,10-11H2/t15-,16+,17+/m1/s1. The first-order valence-electron chi connectivity index (χ1n) is 7.67. The number of benzene rings is 2. The molecule has 0 bridgehead atoms. The first-order chi connectivity index (χ1) is 11.1. The van der Waals surface area contributed by atoms with E-state index in [1.807, 2.05) is 24.3 Å². The van der Waals surface area contributed by atoms with Gasteiger partial charge < -0.3 is 10.4 Å². The maximum absolute atomic E-state index is 12.9. The molecule has 2 aliphatic heterocycles. The number of nitrogens with zero attached hydrogens (tertiary/aromatic N) is 1. The van der Waals surface area contributed by atoms with Gasteiger partial charge in [-0.2, -0.15) is 4.31 Å².